The lowest BCUT2D eigenvalue weighted by Gasteiger charge is -2.26. The molecule has 2 N–H and O–H groups in total. The summed E-state index contributed by atoms with van der Waals surface area (Å²) in [6, 6.07) is 10.5. The number of benzene rings is 2. The molecule has 1 unspecified atom stereocenters. The minimum Gasteiger partial charge on any atom is -0.497 e. The van der Waals surface area contributed by atoms with Gasteiger partial charge in [-0.15, -0.1) is 0 Å². The monoisotopic (exact) mass is 336 g/mol. The molecule has 0 fully saturated rings. The van der Waals surface area contributed by atoms with Crippen LogP contribution in [0.2, 0.25) is 0 Å². The Hall–Kier alpha value is -2.46. The minimum absolute atomic E-state index is 0.0703. The van der Waals surface area contributed by atoms with E-state index >= 15 is 0 Å². The first-order valence-corrected chi connectivity index (χ1v) is 8.69. The maximum Gasteiger partial charge on any atom is 0.124 e. The summed E-state index contributed by atoms with van der Waals surface area (Å²) in [4.78, 5) is 3.68. The van der Waals surface area contributed by atoms with E-state index < -0.39 is 0 Å². The van der Waals surface area contributed by atoms with Crippen LogP contribution in [0.15, 0.2) is 30.3 Å². The summed E-state index contributed by atoms with van der Waals surface area (Å²) in [5, 5.41) is 5.02. The third kappa shape index (κ3) is 2.57. The van der Waals surface area contributed by atoms with Crippen LogP contribution in [0.1, 0.15) is 34.0 Å². The summed E-state index contributed by atoms with van der Waals surface area (Å²) >= 11 is 0. The predicted octanol–water partition coefficient (Wildman–Crippen LogP) is 4.04. The Kier molecular flexibility index (Phi) is 3.92. The van der Waals surface area contributed by atoms with Crippen molar-refractivity contribution in [1.29, 1.82) is 0 Å². The minimum atomic E-state index is 0.0703. The van der Waals surface area contributed by atoms with Crippen LogP contribution in [-0.4, -0.2) is 25.7 Å². The molecule has 25 heavy (non-hydrogen) atoms. The van der Waals surface area contributed by atoms with Gasteiger partial charge in [-0.3, -0.25) is 0 Å². The molecule has 0 spiro atoms. The van der Waals surface area contributed by atoms with Gasteiger partial charge in [0, 0.05) is 28.7 Å². The van der Waals surface area contributed by atoms with E-state index in [-0.39, 0.29) is 6.04 Å². The fourth-order valence-corrected chi connectivity index (χ4v) is 4.10. The number of fused-ring (bicyclic) bond motifs is 3. The Balaban J connectivity index is 1.92. The van der Waals surface area contributed by atoms with Gasteiger partial charge in [0.25, 0.3) is 0 Å². The molecule has 4 nitrogen and oxygen atoms in total. The van der Waals surface area contributed by atoms with Crippen molar-refractivity contribution in [3.8, 4) is 11.5 Å². The first-order valence-electron chi connectivity index (χ1n) is 8.69. The number of rotatable bonds is 3. The summed E-state index contributed by atoms with van der Waals surface area (Å²) in [5.41, 5.74) is 7.60. The van der Waals surface area contributed by atoms with E-state index in [4.69, 9.17) is 9.47 Å². The average Bonchev–Trinajstić information content (AvgIpc) is 2.99. The molecule has 0 aliphatic carbocycles. The van der Waals surface area contributed by atoms with Gasteiger partial charge < -0.3 is 19.8 Å². The van der Waals surface area contributed by atoms with Crippen molar-refractivity contribution >= 4 is 10.9 Å². The van der Waals surface area contributed by atoms with Crippen LogP contribution in [0.4, 0.5) is 0 Å². The lowest BCUT2D eigenvalue weighted by Crippen LogP contribution is -2.30. The summed E-state index contributed by atoms with van der Waals surface area (Å²) in [5.74, 6) is 1.71. The van der Waals surface area contributed by atoms with E-state index in [1.54, 1.807) is 14.2 Å². The van der Waals surface area contributed by atoms with Gasteiger partial charge in [0.05, 0.1) is 20.3 Å². The quantitative estimate of drug-likeness (QED) is 0.759. The molecular formula is C21H24N2O2. The first kappa shape index (κ1) is 16.0. The lowest BCUT2D eigenvalue weighted by molar-refractivity contribution is 0.392. The van der Waals surface area contributed by atoms with Crippen molar-refractivity contribution in [3.63, 3.8) is 0 Å². The van der Waals surface area contributed by atoms with Gasteiger partial charge in [0.1, 0.15) is 11.5 Å². The van der Waals surface area contributed by atoms with E-state index in [2.05, 4.69) is 42.3 Å². The highest BCUT2D eigenvalue weighted by molar-refractivity contribution is 5.89. The van der Waals surface area contributed by atoms with E-state index in [1.807, 2.05) is 12.1 Å². The smallest absolute Gasteiger partial charge is 0.124 e. The Morgan fingerprint density at radius 1 is 1.04 bits per heavy atom. The fourth-order valence-electron chi connectivity index (χ4n) is 4.10. The molecule has 1 aliphatic heterocycles. The topological polar surface area (TPSA) is 46.3 Å². The maximum atomic E-state index is 5.62. The normalized spacial score (nSPS) is 16.7. The number of aryl methyl sites for hydroxylation is 2. The molecule has 2 heterocycles. The molecular weight excluding hydrogens is 312 g/mol. The molecule has 4 heteroatoms. The number of hydrogen-bond donors (Lipinski definition) is 2. The molecule has 0 radical (unpaired) electrons. The second-order valence-corrected chi connectivity index (χ2v) is 6.77. The summed E-state index contributed by atoms with van der Waals surface area (Å²) in [6.45, 7) is 5.29. The van der Waals surface area contributed by atoms with Gasteiger partial charge in [-0.05, 0) is 61.2 Å². The van der Waals surface area contributed by atoms with E-state index in [0.29, 0.717) is 0 Å². The van der Waals surface area contributed by atoms with Crippen molar-refractivity contribution in [2.75, 3.05) is 20.8 Å². The molecule has 2 aromatic carbocycles. The molecule has 1 atom stereocenters. The molecule has 130 valence electrons. The van der Waals surface area contributed by atoms with Crippen LogP contribution in [0.5, 0.6) is 11.5 Å². The van der Waals surface area contributed by atoms with Gasteiger partial charge in [-0.1, -0.05) is 6.07 Å². The van der Waals surface area contributed by atoms with E-state index in [0.717, 1.165) is 30.0 Å². The number of ether oxygens (including phenoxy) is 2. The van der Waals surface area contributed by atoms with Crippen molar-refractivity contribution in [1.82, 2.24) is 10.3 Å². The number of nitrogens with one attached hydrogen (secondary N) is 2. The number of hydrogen-bond acceptors (Lipinski definition) is 3. The van der Waals surface area contributed by atoms with Gasteiger partial charge in [0.2, 0.25) is 0 Å². The van der Waals surface area contributed by atoms with Crippen LogP contribution in [-0.2, 0) is 6.42 Å². The predicted molar refractivity (Wildman–Crippen MR) is 101 cm³/mol. The highest BCUT2D eigenvalue weighted by Gasteiger charge is 2.28. The number of H-pyrrole nitrogens is 1. The van der Waals surface area contributed by atoms with Crippen molar-refractivity contribution < 1.29 is 9.47 Å². The number of aromatic nitrogens is 1. The average molecular weight is 336 g/mol. The molecule has 1 aliphatic rings. The van der Waals surface area contributed by atoms with Crippen LogP contribution in [0, 0.1) is 13.8 Å². The summed E-state index contributed by atoms with van der Waals surface area (Å²) < 4.78 is 11.1. The van der Waals surface area contributed by atoms with E-state index in [1.165, 1.54) is 33.3 Å². The van der Waals surface area contributed by atoms with Gasteiger partial charge in [-0.25, -0.2) is 0 Å². The molecule has 0 amide bonds. The van der Waals surface area contributed by atoms with Gasteiger partial charge in [-0.2, -0.15) is 0 Å². The second-order valence-electron chi connectivity index (χ2n) is 6.77. The molecule has 0 saturated heterocycles. The van der Waals surface area contributed by atoms with Crippen molar-refractivity contribution in [2.24, 2.45) is 0 Å². The van der Waals surface area contributed by atoms with Crippen molar-refractivity contribution in [2.45, 2.75) is 26.3 Å². The Morgan fingerprint density at radius 3 is 2.64 bits per heavy atom. The highest BCUT2D eigenvalue weighted by atomic mass is 16.5. The zero-order chi connectivity index (χ0) is 17.6. The molecule has 0 bridgehead atoms. The Labute approximate surface area is 148 Å². The summed E-state index contributed by atoms with van der Waals surface area (Å²) in [6.07, 6.45) is 1.03. The van der Waals surface area contributed by atoms with Crippen molar-refractivity contribution in [3.05, 3.63) is 58.3 Å². The zero-order valence-corrected chi connectivity index (χ0v) is 15.2. The highest BCUT2D eigenvalue weighted by Crippen LogP contribution is 2.39. The van der Waals surface area contributed by atoms with Gasteiger partial charge >= 0.3 is 0 Å². The number of methoxy groups -OCH3 is 2. The van der Waals surface area contributed by atoms with Crippen LogP contribution in [0.3, 0.4) is 0 Å². The SMILES string of the molecule is COc1ccc(OC)c(C2NCCc3c2[nH]c2cc(C)cc(C)c32)c1. The molecule has 1 aromatic heterocycles. The largest absolute Gasteiger partial charge is 0.497 e. The number of aromatic amines is 1. The third-order valence-electron chi connectivity index (χ3n) is 5.14. The first-order chi connectivity index (χ1) is 12.1. The third-order valence-corrected chi connectivity index (χ3v) is 5.14. The second kappa shape index (κ2) is 6.12. The zero-order valence-electron chi connectivity index (χ0n) is 15.2. The van der Waals surface area contributed by atoms with Crippen LogP contribution in [0.25, 0.3) is 10.9 Å². The van der Waals surface area contributed by atoms with Crippen LogP contribution >= 0.6 is 0 Å². The van der Waals surface area contributed by atoms with Crippen LogP contribution < -0.4 is 14.8 Å². The lowest BCUT2D eigenvalue weighted by atomic mass is 9.92. The standard InChI is InChI=1S/C21H24N2O2/c1-12-9-13(2)19-15-7-8-22-20(21(15)23-17(19)10-12)16-11-14(24-3)5-6-18(16)25-4/h5-6,9-11,20,22-23H,7-8H2,1-4H3. The summed E-state index contributed by atoms with van der Waals surface area (Å²) in [7, 11) is 3.41. The fraction of sp³-hybridized carbons (Fsp3) is 0.333. The Morgan fingerprint density at radius 2 is 1.88 bits per heavy atom. The van der Waals surface area contributed by atoms with E-state index in [9.17, 15) is 0 Å². The Bertz CT molecular complexity index is 943. The van der Waals surface area contributed by atoms with Gasteiger partial charge in [0.15, 0.2) is 0 Å². The molecule has 0 saturated carbocycles. The molecule has 4 rings (SSSR count). The maximum absolute atomic E-state index is 5.62. The molecule has 3 aromatic rings.